The Morgan fingerprint density at radius 3 is 2.43 bits per heavy atom. The van der Waals surface area contributed by atoms with E-state index in [4.69, 9.17) is 21.1 Å². The van der Waals surface area contributed by atoms with Gasteiger partial charge in [-0.05, 0) is 42.8 Å². The highest BCUT2D eigenvalue weighted by atomic mass is 35.5. The van der Waals surface area contributed by atoms with E-state index in [1.165, 1.54) is 20.2 Å². The summed E-state index contributed by atoms with van der Waals surface area (Å²) < 4.78 is 48.5. The molecule has 0 spiro atoms. The molecule has 0 unspecified atom stereocenters. The van der Waals surface area contributed by atoms with E-state index in [0.29, 0.717) is 22.0 Å². The number of nitrogens with one attached hydrogen (secondary N) is 1. The molecule has 0 radical (unpaired) electrons. The Labute approximate surface area is 178 Å². The van der Waals surface area contributed by atoms with Crippen LogP contribution in [-0.4, -0.2) is 51.9 Å². The molecule has 1 amide bonds. The number of likely N-dealkylation sites (N-methyl/N-ethyl adjacent to an activating group) is 1. The number of sulfonamides is 1. The van der Waals surface area contributed by atoms with Gasteiger partial charge in [0.25, 0.3) is 5.91 Å². The van der Waals surface area contributed by atoms with E-state index >= 15 is 0 Å². The maximum absolute atomic E-state index is 13.0. The maximum atomic E-state index is 13.0. The number of anilines is 1. The molecule has 0 saturated carbocycles. The number of rotatable bonds is 8. The zero-order valence-corrected chi connectivity index (χ0v) is 18.0. The Morgan fingerprint density at radius 2 is 1.83 bits per heavy atom. The Kier molecular flexibility index (Phi) is 7.77. The smallest absolute Gasteiger partial charge is 0.321 e. The van der Waals surface area contributed by atoms with Crippen LogP contribution in [0.15, 0.2) is 41.3 Å². The summed E-state index contributed by atoms with van der Waals surface area (Å²) in [5, 5.41) is 2.99. The molecule has 0 atom stereocenters. The minimum absolute atomic E-state index is 0.179. The molecular weight excluding hydrogens is 439 g/mol. The van der Waals surface area contributed by atoms with E-state index in [2.05, 4.69) is 5.32 Å². The number of nitrogens with zero attached hydrogens (tertiary/aromatic N) is 1. The number of methoxy groups -OCH3 is 1. The maximum Gasteiger partial charge on any atom is 0.321 e. The van der Waals surface area contributed by atoms with Gasteiger partial charge in [-0.25, -0.2) is 12.8 Å². The van der Waals surface area contributed by atoms with Crippen molar-refractivity contribution in [2.75, 3.05) is 32.6 Å². The van der Waals surface area contributed by atoms with Gasteiger partial charge in [0, 0.05) is 18.1 Å². The quantitative estimate of drug-likeness (QED) is 0.610. The molecule has 0 aromatic heterocycles. The molecule has 11 heteroatoms. The number of amides is 1. The van der Waals surface area contributed by atoms with Crippen LogP contribution in [-0.2, 0) is 24.3 Å². The molecule has 1 N–H and O–H groups in total. The van der Waals surface area contributed by atoms with Gasteiger partial charge in [-0.15, -0.1) is 0 Å². The number of esters is 1. The first-order valence-corrected chi connectivity index (χ1v) is 10.4. The molecule has 0 saturated heterocycles. The van der Waals surface area contributed by atoms with Gasteiger partial charge in [0.2, 0.25) is 10.0 Å². The van der Waals surface area contributed by atoms with Crippen LogP contribution in [0.5, 0.6) is 5.75 Å². The number of hydrogen-bond acceptors (Lipinski definition) is 6. The molecule has 2 aromatic rings. The zero-order valence-electron chi connectivity index (χ0n) is 16.4. The van der Waals surface area contributed by atoms with E-state index < -0.39 is 40.9 Å². The molecule has 0 aliphatic heterocycles. The highest BCUT2D eigenvalue weighted by molar-refractivity contribution is 7.89. The van der Waals surface area contributed by atoms with Crippen molar-refractivity contribution in [2.45, 2.75) is 11.8 Å². The van der Waals surface area contributed by atoms with E-state index in [1.54, 1.807) is 13.0 Å². The summed E-state index contributed by atoms with van der Waals surface area (Å²) in [7, 11) is -1.44. The fourth-order valence-corrected chi connectivity index (χ4v) is 3.63. The molecule has 162 valence electrons. The van der Waals surface area contributed by atoms with E-state index in [1.807, 2.05) is 0 Å². The largest absolute Gasteiger partial charge is 0.495 e. The number of benzene rings is 2. The minimum atomic E-state index is -4.02. The Bertz CT molecular complexity index is 1040. The van der Waals surface area contributed by atoms with Crippen molar-refractivity contribution in [2.24, 2.45) is 0 Å². The van der Waals surface area contributed by atoms with E-state index in [0.717, 1.165) is 28.6 Å². The highest BCUT2D eigenvalue weighted by Crippen LogP contribution is 2.30. The number of carbonyl (C=O) groups excluding carboxylic acids is 2. The summed E-state index contributed by atoms with van der Waals surface area (Å²) in [5.41, 5.74) is 1.05. The number of halogens is 2. The summed E-state index contributed by atoms with van der Waals surface area (Å²) in [4.78, 5) is 23.8. The first-order chi connectivity index (χ1) is 14.0. The fraction of sp³-hybridized carbons (Fsp3) is 0.263. The van der Waals surface area contributed by atoms with Crippen molar-refractivity contribution >= 4 is 39.2 Å². The topological polar surface area (TPSA) is 102 Å². The third kappa shape index (κ3) is 5.91. The average molecular weight is 459 g/mol. The van der Waals surface area contributed by atoms with Crippen molar-refractivity contribution < 1.29 is 31.9 Å². The van der Waals surface area contributed by atoms with Crippen LogP contribution in [0.2, 0.25) is 5.02 Å². The minimum Gasteiger partial charge on any atom is -0.495 e. The van der Waals surface area contributed by atoms with Crippen molar-refractivity contribution in [3.05, 3.63) is 52.8 Å². The Balaban J connectivity index is 1.93. The van der Waals surface area contributed by atoms with Crippen molar-refractivity contribution in [1.29, 1.82) is 0 Å². The van der Waals surface area contributed by atoms with Crippen LogP contribution in [0.4, 0.5) is 10.1 Å². The molecule has 30 heavy (non-hydrogen) atoms. The van der Waals surface area contributed by atoms with Crippen LogP contribution < -0.4 is 10.1 Å². The molecule has 0 heterocycles. The Hall–Kier alpha value is -2.69. The lowest BCUT2D eigenvalue weighted by molar-refractivity contribution is -0.147. The van der Waals surface area contributed by atoms with Crippen LogP contribution in [0.3, 0.4) is 0 Å². The lowest BCUT2D eigenvalue weighted by Crippen LogP contribution is -2.34. The lowest BCUT2D eigenvalue weighted by Gasteiger charge is -2.16. The molecule has 0 aliphatic rings. The predicted molar refractivity (Wildman–Crippen MR) is 109 cm³/mol. The van der Waals surface area contributed by atoms with Crippen LogP contribution >= 0.6 is 11.6 Å². The number of aryl methyl sites for hydroxylation is 1. The third-order valence-electron chi connectivity index (χ3n) is 3.99. The second-order valence-corrected chi connectivity index (χ2v) is 8.68. The second-order valence-electron chi connectivity index (χ2n) is 6.23. The van der Waals surface area contributed by atoms with E-state index in [9.17, 15) is 22.4 Å². The number of carbonyl (C=O) groups is 2. The predicted octanol–water partition coefficient (Wildman–Crippen LogP) is 2.60. The molecule has 2 rings (SSSR count). The van der Waals surface area contributed by atoms with Crippen molar-refractivity contribution in [3.8, 4) is 5.75 Å². The number of ether oxygens (including phenoxy) is 2. The summed E-state index contributed by atoms with van der Waals surface area (Å²) >= 11 is 6.01. The van der Waals surface area contributed by atoms with Gasteiger partial charge >= 0.3 is 5.97 Å². The monoisotopic (exact) mass is 458 g/mol. The molecular formula is C19H20ClFN2O6S. The van der Waals surface area contributed by atoms with Crippen molar-refractivity contribution in [3.63, 3.8) is 0 Å². The summed E-state index contributed by atoms with van der Waals surface area (Å²) in [6, 6.07) is 7.30. The van der Waals surface area contributed by atoms with Gasteiger partial charge in [-0.1, -0.05) is 11.6 Å². The lowest BCUT2D eigenvalue weighted by atomic mass is 10.2. The van der Waals surface area contributed by atoms with Gasteiger partial charge in [0.1, 0.15) is 18.1 Å². The standard InChI is InChI=1S/C19H20ClFN2O6S/c1-12-8-16(17(28-3)9-15(12)20)22-18(24)11-29-19(25)10-23(2)30(26,27)14-6-4-13(21)5-7-14/h4-9H,10-11H2,1-3H3,(H,22,24). The van der Waals surface area contributed by atoms with Crippen LogP contribution in [0, 0.1) is 12.7 Å². The molecule has 0 aliphatic carbocycles. The first kappa shape index (κ1) is 23.6. The van der Waals surface area contributed by atoms with Crippen LogP contribution in [0.1, 0.15) is 5.56 Å². The first-order valence-electron chi connectivity index (χ1n) is 8.56. The molecule has 8 nitrogen and oxygen atoms in total. The Morgan fingerprint density at radius 1 is 1.20 bits per heavy atom. The zero-order chi connectivity index (χ0) is 22.5. The fourth-order valence-electron chi connectivity index (χ4n) is 2.36. The van der Waals surface area contributed by atoms with Crippen LogP contribution in [0.25, 0.3) is 0 Å². The average Bonchev–Trinajstić information content (AvgIpc) is 2.69. The van der Waals surface area contributed by atoms with Gasteiger partial charge < -0.3 is 14.8 Å². The second kappa shape index (κ2) is 9.88. The number of hydrogen-bond donors (Lipinski definition) is 1. The van der Waals surface area contributed by atoms with Gasteiger partial charge in [0.15, 0.2) is 6.61 Å². The van der Waals surface area contributed by atoms with E-state index in [-0.39, 0.29) is 4.90 Å². The summed E-state index contributed by atoms with van der Waals surface area (Å²) in [6.45, 7) is 0.485. The summed E-state index contributed by atoms with van der Waals surface area (Å²) in [5.74, 6) is -1.84. The van der Waals surface area contributed by atoms with Gasteiger partial charge in [-0.2, -0.15) is 4.31 Å². The summed E-state index contributed by atoms with van der Waals surface area (Å²) in [6.07, 6.45) is 0. The molecule has 0 fully saturated rings. The molecule has 0 bridgehead atoms. The third-order valence-corrected chi connectivity index (χ3v) is 6.22. The SMILES string of the molecule is COc1cc(Cl)c(C)cc1NC(=O)COC(=O)CN(C)S(=O)(=O)c1ccc(F)cc1. The van der Waals surface area contributed by atoms with Gasteiger partial charge in [0.05, 0.1) is 17.7 Å². The normalized spacial score (nSPS) is 11.3. The molecule has 2 aromatic carbocycles. The van der Waals surface area contributed by atoms with Gasteiger partial charge in [-0.3, -0.25) is 9.59 Å². The van der Waals surface area contributed by atoms with Crippen molar-refractivity contribution in [1.82, 2.24) is 4.31 Å². The highest BCUT2D eigenvalue weighted by Gasteiger charge is 2.24.